The van der Waals surface area contributed by atoms with Crippen molar-refractivity contribution in [2.24, 2.45) is 13.0 Å². The van der Waals surface area contributed by atoms with E-state index < -0.39 is 0 Å². The third-order valence-electron chi connectivity index (χ3n) is 4.08. The average molecular weight is 351 g/mol. The van der Waals surface area contributed by atoms with Gasteiger partial charge in [0.05, 0.1) is 19.7 Å². The van der Waals surface area contributed by atoms with Gasteiger partial charge in [0.15, 0.2) is 0 Å². The quantitative estimate of drug-likeness (QED) is 0.615. The van der Waals surface area contributed by atoms with Gasteiger partial charge in [-0.25, -0.2) is 0 Å². The fourth-order valence-electron chi connectivity index (χ4n) is 2.65. The molecule has 6 heteroatoms. The maximum atomic E-state index is 12.8. The maximum absolute atomic E-state index is 12.8. The highest BCUT2D eigenvalue weighted by atomic mass is 16.5. The van der Waals surface area contributed by atoms with Crippen LogP contribution in [-0.4, -0.2) is 59.5 Å². The fourth-order valence-corrected chi connectivity index (χ4v) is 2.65. The first-order chi connectivity index (χ1) is 11.9. The number of aryl methyl sites for hydroxylation is 1. The molecule has 0 aliphatic carbocycles. The molecule has 0 atom stereocenters. The number of methoxy groups -OCH3 is 1. The summed E-state index contributed by atoms with van der Waals surface area (Å²) in [4.78, 5) is 28.7. The second-order valence-electron chi connectivity index (χ2n) is 6.83. The van der Waals surface area contributed by atoms with Gasteiger partial charge >= 0.3 is 0 Å². The van der Waals surface area contributed by atoms with Crippen molar-refractivity contribution in [3.63, 3.8) is 0 Å². The van der Waals surface area contributed by atoms with Crippen molar-refractivity contribution < 1.29 is 14.3 Å². The molecule has 142 valence electrons. The van der Waals surface area contributed by atoms with Crippen molar-refractivity contribution >= 4 is 11.8 Å². The molecule has 1 heterocycles. The molecule has 2 amide bonds. The molecule has 0 N–H and O–H groups in total. The van der Waals surface area contributed by atoms with Crippen LogP contribution in [0.4, 0.5) is 0 Å². The Labute approximate surface area is 151 Å². The normalized spacial score (nSPS) is 11.0. The minimum Gasteiger partial charge on any atom is -0.383 e. The van der Waals surface area contributed by atoms with E-state index in [1.54, 1.807) is 16.9 Å². The minimum absolute atomic E-state index is 0.0381. The molecule has 0 bridgehead atoms. The number of amides is 2. The highest BCUT2D eigenvalue weighted by molar-refractivity contribution is 5.85. The Hall–Kier alpha value is -1.82. The van der Waals surface area contributed by atoms with Crippen molar-refractivity contribution in [3.8, 4) is 0 Å². The van der Waals surface area contributed by atoms with Crippen molar-refractivity contribution in [1.29, 1.82) is 0 Å². The van der Waals surface area contributed by atoms with Crippen LogP contribution < -0.4 is 0 Å². The second kappa shape index (κ2) is 10.9. The number of ether oxygens (including phenoxy) is 1. The molecule has 0 fully saturated rings. The zero-order valence-electron chi connectivity index (χ0n) is 16.3. The van der Waals surface area contributed by atoms with Gasteiger partial charge in [-0.15, -0.1) is 0 Å². The summed E-state index contributed by atoms with van der Waals surface area (Å²) in [5.74, 6) is 0.300. The number of hydrogen-bond acceptors (Lipinski definition) is 3. The van der Waals surface area contributed by atoms with Crippen LogP contribution in [0.15, 0.2) is 18.3 Å². The fraction of sp³-hybridized carbons (Fsp3) is 0.684. The van der Waals surface area contributed by atoms with Gasteiger partial charge in [0.1, 0.15) is 0 Å². The summed E-state index contributed by atoms with van der Waals surface area (Å²) in [5, 5.41) is 0. The van der Waals surface area contributed by atoms with Crippen molar-refractivity contribution in [2.45, 2.75) is 40.2 Å². The van der Waals surface area contributed by atoms with Gasteiger partial charge in [-0.2, -0.15) is 0 Å². The van der Waals surface area contributed by atoms with Crippen LogP contribution in [0.2, 0.25) is 0 Å². The zero-order valence-corrected chi connectivity index (χ0v) is 16.3. The standard InChI is InChI=1S/C19H33N3O3/c1-6-9-21(18(23)13-16(2)3)15-19(24)22(11-12-25-5)14-17-8-7-10-20(17)4/h7-8,10,16H,6,9,11-15H2,1-5H3. The van der Waals surface area contributed by atoms with Crippen LogP contribution in [0.5, 0.6) is 0 Å². The molecule has 6 nitrogen and oxygen atoms in total. The molecule has 0 aliphatic heterocycles. The molecule has 1 aromatic rings. The number of carbonyl (C=O) groups excluding carboxylic acids is 2. The van der Waals surface area contributed by atoms with Crippen LogP contribution in [0, 0.1) is 5.92 Å². The Morgan fingerprint density at radius 2 is 1.92 bits per heavy atom. The van der Waals surface area contributed by atoms with E-state index in [0.717, 1.165) is 12.1 Å². The van der Waals surface area contributed by atoms with E-state index >= 15 is 0 Å². The Morgan fingerprint density at radius 3 is 2.44 bits per heavy atom. The molecule has 0 saturated carbocycles. The first-order valence-electron chi connectivity index (χ1n) is 9.03. The molecule has 0 aromatic carbocycles. The Morgan fingerprint density at radius 1 is 1.20 bits per heavy atom. The number of aromatic nitrogens is 1. The molecule has 0 aliphatic rings. The monoisotopic (exact) mass is 351 g/mol. The molecule has 1 aromatic heterocycles. The molecule has 25 heavy (non-hydrogen) atoms. The smallest absolute Gasteiger partial charge is 0.242 e. The molecular formula is C19H33N3O3. The van der Waals surface area contributed by atoms with Gasteiger partial charge in [0.2, 0.25) is 11.8 Å². The van der Waals surface area contributed by atoms with E-state index in [-0.39, 0.29) is 24.3 Å². The minimum atomic E-state index is -0.0381. The summed E-state index contributed by atoms with van der Waals surface area (Å²) in [6, 6.07) is 3.96. The van der Waals surface area contributed by atoms with E-state index in [9.17, 15) is 9.59 Å². The maximum Gasteiger partial charge on any atom is 0.242 e. The molecule has 0 radical (unpaired) electrons. The lowest BCUT2D eigenvalue weighted by Gasteiger charge is -2.28. The highest BCUT2D eigenvalue weighted by Crippen LogP contribution is 2.09. The number of rotatable bonds is 11. The van der Waals surface area contributed by atoms with Crippen LogP contribution in [0.1, 0.15) is 39.3 Å². The lowest BCUT2D eigenvalue weighted by molar-refractivity contribution is -0.141. The summed E-state index contributed by atoms with van der Waals surface area (Å²) in [6.07, 6.45) is 3.28. The summed E-state index contributed by atoms with van der Waals surface area (Å²) < 4.78 is 7.14. The number of nitrogens with zero attached hydrogens (tertiary/aromatic N) is 3. The van der Waals surface area contributed by atoms with E-state index in [1.807, 2.05) is 50.7 Å². The van der Waals surface area contributed by atoms with Gasteiger partial charge in [-0.1, -0.05) is 20.8 Å². The summed E-state index contributed by atoms with van der Waals surface area (Å²) >= 11 is 0. The lowest BCUT2D eigenvalue weighted by atomic mass is 10.1. The number of carbonyl (C=O) groups is 2. The Kier molecular flexibility index (Phi) is 9.27. The molecule has 1 rings (SSSR count). The highest BCUT2D eigenvalue weighted by Gasteiger charge is 2.22. The molecular weight excluding hydrogens is 318 g/mol. The van der Waals surface area contributed by atoms with Gasteiger partial charge in [-0.05, 0) is 24.5 Å². The predicted molar refractivity (Wildman–Crippen MR) is 99.0 cm³/mol. The Bertz CT molecular complexity index is 540. The molecule has 0 spiro atoms. The Balaban J connectivity index is 2.79. The summed E-state index contributed by atoms with van der Waals surface area (Å²) in [6.45, 7) is 8.31. The van der Waals surface area contributed by atoms with Crippen LogP contribution >= 0.6 is 0 Å². The SMILES string of the molecule is CCCN(CC(=O)N(CCOC)Cc1cccn1C)C(=O)CC(C)C. The third kappa shape index (κ3) is 7.30. The largest absolute Gasteiger partial charge is 0.383 e. The van der Waals surface area contributed by atoms with Crippen LogP contribution in [0.25, 0.3) is 0 Å². The van der Waals surface area contributed by atoms with Crippen LogP contribution in [0.3, 0.4) is 0 Å². The van der Waals surface area contributed by atoms with Crippen molar-refractivity contribution in [3.05, 3.63) is 24.0 Å². The van der Waals surface area contributed by atoms with E-state index in [4.69, 9.17) is 4.74 Å². The topological polar surface area (TPSA) is 54.8 Å². The van der Waals surface area contributed by atoms with Crippen LogP contribution in [-0.2, 0) is 27.9 Å². The van der Waals surface area contributed by atoms with Gasteiger partial charge < -0.3 is 19.1 Å². The number of hydrogen-bond donors (Lipinski definition) is 0. The van der Waals surface area contributed by atoms with E-state index in [2.05, 4.69) is 0 Å². The van der Waals surface area contributed by atoms with Crippen molar-refractivity contribution in [1.82, 2.24) is 14.4 Å². The van der Waals surface area contributed by atoms with Gasteiger partial charge in [0.25, 0.3) is 0 Å². The van der Waals surface area contributed by atoms with E-state index in [1.165, 1.54) is 0 Å². The first-order valence-corrected chi connectivity index (χ1v) is 9.03. The first kappa shape index (κ1) is 21.2. The molecule has 0 saturated heterocycles. The third-order valence-corrected chi connectivity index (χ3v) is 4.08. The summed E-state index contributed by atoms with van der Waals surface area (Å²) in [5.41, 5.74) is 1.06. The average Bonchev–Trinajstić information content (AvgIpc) is 2.95. The zero-order chi connectivity index (χ0) is 18.8. The van der Waals surface area contributed by atoms with Crippen molar-refractivity contribution in [2.75, 3.05) is 33.4 Å². The predicted octanol–water partition coefficient (Wildman–Crippen LogP) is 2.28. The summed E-state index contributed by atoms with van der Waals surface area (Å²) in [7, 11) is 3.59. The van der Waals surface area contributed by atoms with E-state index in [0.29, 0.717) is 32.7 Å². The van der Waals surface area contributed by atoms with Gasteiger partial charge in [-0.3, -0.25) is 9.59 Å². The second-order valence-corrected chi connectivity index (χ2v) is 6.83. The lowest BCUT2D eigenvalue weighted by Crippen LogP contribution is -2.44. The molecule has 0 unspecified atom stereocenters. The van der Waals surface area contributed by atoms with Gasteiger partial charge in [0, 0.05) is 45.6 Å².